The number of sulfone groups is 1. The third kappa shape index (κ3) is 6.31. The number of rotatable bonds is 12. The molecule has 2 heterocycles. The molecule has 3 rings (SSSR count). The second-order valence-corrected chi connectivity index (χ2v) is 11.8. The van der Waals surface area contributed by atoms with Crippen LogP contribution in [-0.4, -0.2) is 36.0 Å². The van der Waals surface area contributed by atoms with Gasteiger partial charge in [-0.1, -0.05) is 57.9 Å². The fourth-order valence-corrected chi connectivity index (χ4v) is 5.67. The van der Waals surface area contributed by atoms with Crippen LogP contribution in [-0.2, 0) is 31.3 Å². The smallest absolute Gasteiger partial charge is 0.322 e. The summed E-state index contributed by atoms with van der Waals surface area (Å²) in [7, 11) is -4.37. The zero-order valence-corrected chi connectivity index (χ0v) is 22.1. The highest BCUT2D eigenvalue weighted by Gasteiger charge is 2.46. The maximum atomic E-state index is 15.5. The number of hydrogen-bond acceptors (Lipinski definition) is 7. The Morgan fingerprint density at radius 2 is 1.89 bits per heavy atom. The van der Waals surface area contributed by atoms with Crippen molar-refractivity contribution >= 4 is 21.6 Å². The molecule has 0 radical (unpaired) electrons. The van der Waals surface area contributed by atoms with Gasteiger partial charge in [0, 0.05) is 12.6 Å². The number of nitrogens with zero attached hydrogens (tertiary/aromatic N) is 2. The largest absolute Gasteiger partial charge is 0.480 e. The summed E-state index contributed by atoms with van der Waals surface area (Å²) >= 11 is 0. The van der Waals surface area contributed by atoms with Crippen LogP contribution in [0.1, 0.15) is 56.9 Å². The van der Waals surface area contributed by atoms with E-state index in [9.17, 15) is 13.2 Å². The Balaban J connectivity index is 2.09. The molecule has 0 fully saturated rings. The highest BCUT2D eigenvalue weighted by atomic mass is 32.2. The number of nitrogens with two attached hydrogens (primary N) is 1. The summed E-state index contributed by atoms with van der Waals surface area (Å²) in [4.78, 5) is 17.1. The van der Waals surface area contributed by atoms with Gasteiger partial charge in [-0.2, -0.15) is 0 Å². The first-order valence-corrected chi connectivity index (χ1v) is 13.6. The fourth-order valence-electron chi connectivity index (χ4n) is 4.11. The zero-order valence-electron chi connectivity index (χ0n) is 21.2. The van der Waals surface area contributed by atoms with Gasteiger partial charge in [-0.15, -0.1) is 0 Å². The van der Waals surface area contributed by atoms with Crippen LogP contribution in [0.3, 0.4) is 0 Å². The molecule has 198 valence electrons. The summed E-state index contributed by atoms with van der Waals surface area (Å²) in [5.41, 5.74) is 7.25. The standard InChI is InChI=1S/C27H33FN4O4S/c1-4-5-14-26(2,3)20-13-12-19(21(28)16-20)17-27(29,37(35,36)24-11-6-7-15-30-24)22-9-8-10-23(32-22)31-18-25(33)34/h6-13,15-16H,4-5,14,17-18,29H2,1-3H3,(H,31,32)(H,33,34). The number of aromatic nitrogens is 2. The molecule has 10 heteroatoms. The minimum atomic E-state index is -4.37. The van der Waals surface area contributed by atoms with Crippen molar-refractivity contribution in [3.05, 3.63) is 83.4 Å². The predicted molar refractivity (Wildman–Crippen MR) is 140 cm³/mol. The number of unbranched alkanes of at least 4 members (excludes halogenated alkanes) is 1. The Bertz CT molecular complexity index is 1350. The van der Waals surface area contributed by atoms with Gasteiger partial charge in [0.25, 0.3) is 0 Å². The SMILES string of the molecule is CCCCC(C)(C)c1ccc(CC(N)(c2cccc(NCC(=O)O)n2)S(=O)(=O)c2ccccn2)c(F)c1. The number of aliphatic carboxylic acids is 1. The monoisotopic (exact) mass is 528 g/mol. The molecule has 0 bridgehead atoms. The Labute approximate surface area is 217 Å². The normalized spacial score (nSPS) is 13.6. The van der Waals surface area contributed by atoms with Crippen molar-refractivity contribution in [1.29, 1.82) is 0 Å². The van der Waals surface area contributed by atoms with Crippen molar-refractivity contribution < 1.29 is 22.7 Å². The van der Waals surface area contributed by atoms with Crippen molar-refractivity contribution in [3.63, 3.8) is 0 Å². The van der Waals surface area contributed by atoms with E-state index in [2.05, 4.69) is 36.1 Å². The second-order valence-electron chi connectivity index (χ2n) is 9.69. The van der Waals surface area contributed by atoms with Crippen LogP contribution in [0.15, 0.2) is 65.8 Å². The molecule has 0 amide bonds. The molecule has 3 aromatic rings. The van der Waals surface area contributed by atoms with Crippen molar-refractivity contribution in [2.75, 3.05) is 11.9 Å². The highest BCUT2D eigenvalue weighted by molar-refractivity contribution is 7.92. The molecule has 37 heavy (non-hydrogen) atoms. The Kier molecular flexibility index (Phi) is 8.65. The molecule has 2 aromatic heterocycles. The van der Waals surface area contributed by atoms with E-state index in [1.807, 2.05) is 0 Å². The van der Waals surface area contributed by atoms with Crippen molar-refractivity contribution in [3.8, 4) is 0 Å². The van der Waals surface area contributed by atoms with Crippen LogP contribution in [0.25, 0.3) is 0 Å². The van der Waals surface area contributed by atoms with Crippen LogP contribution in [0.5, 0.6) is 0 Å². The van der Waals surface area contributed by atoms with E-state index in [-0.39, 0.29) is 27.5 Å². The molecule has 0 aliphatic carbocycles. The van der Waals surface area contributed by atoms with Gasteiger partial charge in [0.05, 0.1) is 5.69 Å². The summed E-state index contributed by atoms with van der Waals surface area (Å²) in [6.45, 7) is 5.78. The quantitative estimate of drug-likeness (QED) is 0.315. The Morgan fingerprint density at radius 1 is 1.14 bits per heavy atom. The van der Waals surface area contributed by atoms with Crippen LogP contribution in [0.2, 0.25) is 0 Å². The van der Waals surface area contributed by atoms with E-state index in [1.54, 1.807) is 18.2 Å². The molecule has 1 atom stereocenters. The molecule has 0 aliphatic rings. The molecule has 0 spiro atoms. The van der Waals surface area contributed by atoms with Gasteiger partial charge >= 0.3 is 5.97 Å². The molecule has 1 unspecified atom stereocenters. The summed E-state index contributed by atoms with van der Waals surface area (Å²) in [5.74, 6) is -1.55. The number of halogens is 1. The van der Waals surface area contributed by atoms with Crippen LogP contribution in [0, 0.1) is 5.82 Å². The minimum Gasteiger partial charge on any atom is -0.480 e. The maximum absolute atomic E-state index is 15.5. The van der Waals surface area contributed by atoms with E-state index in [0.717, 1.165) is 24.8 Å². The van der Waals surface area contributed by atoms with E-state index in [1.165, 1.54) is 42.6 Å². The molecule has 0 saturated carbocycles. The van der Waals surface area contributed by atoms with Gasteiger partial charge in [-0.3, -0.25) is 4.79 Å². The number of carboxylic acids is 1. The molecule has 0 saturated heterocycles. The third-order valence-electron chi connectivity index (χ3n) is 6.44. The lowest BCUT2D eigenvalue weighted by molar-refractivity contribution is -0.134. The lowest BCUT2D eigenvalue weighted by Crippen LogP contribution is -2.48. The second kappa shape index (κ2) is 11.4. The van der Waals surface area contributed by atoms with Gasteiger partial charge in [-0.25, -0.2) is 22.8 Å². The number of pyridine rings is 2. The third-order valence-corrected chi connectivity index (χ3v) is 8.54. The van der Waals surface area contributed by atoms with Crippen LogP contribution in [0.4, 0.5) is 10.2 Å². The first-order chi connectivity index (χ1) is 17.4. The number of nitrogens with one attached hydrogen (secondary N) is 1. The lowest BCUT2D eigenvalue weighted by Gasteiger charge is -2.30. The predicted octanol–water partition coefficient (Wildman–Crippen LogP) is 4.41. The number of benzene rings is 1. The number of carbonyl (C=O) groups is 1. The Morgan fingerprint density at radius 3 is 2.51 bits per heavy atom. The van der Waals surface area contributed by atoms with E-state index in [4.69, 9.17) is 10.8 Å². The molecular formula is C27H33FN4O4S. The zero-order chi connectivity index (χ0) is 27.3. The van der Waals surface area contributed by atoms with Gasteiger partial charge in [0.1, 0.15) is 18.2 Å². The highest BCUT2D eigenvalue weighted by Crippen LogP contribution is 2.35. The lowest BCUT2D eigenvalue weighted by atomic mass is 9.79. The summed E-state index contributed by atoms with van der Waals surface area (Å²) in [6.07, 6.45) is 3.83. The molecule has 0 aliphatic heterocycles. The first-order valence-electron chi connectivity index (χ1n) is 12.1. The number of anilines is 1. The summed E-state index contributed by atoms with van der Waals surface area (Å²) in [6, 6.07) is 13.7. The van der Waals surface area contributed by atoms with Crippen molar-refractivity contribution in [1.82, 2.24) is 9.97 Å². The number of carboxylic acid groups (broad SMARTS) is 1. The maximum Gasteiger partial charge on any atom is 0.322 e. The number of hydrogen-bond donors (Lipinski definition) is 3. The van der Waals surface area contributed by atoms with Gasteiger partial charge < -0.3 is 16.2 Å². The van der Waals surface area contributed by atoms with Gasteiger partial charge in [0.2, 0.25) is 9.84 Å². The topological polar surface area (TPSA) is 135 Å². The molecule has 1 aromatic carbocycles. The van der Waals surface area contributed by atoms with E-state index >= 15 is 4.39 Å². The molecule has 4 N–H and O–H groups in total. The fraction of sp³-hybridized carbons (Fsp3) is 0.370. The summed E-state index contributed by atoms with van der Waals surface area (Å²) in [5, 5.41) is 11.3. The first kappa shape index (κ1) is 28.2. The Hall–Kier alpha value is -3.37. The molecular weight excluding hydrogens is 495 g/mol. The average molecular weight is 529 g/mol. The van der Waals surface area contributed by atoms with Gasteiger partial charge in [0.15, 0.2) is 9.90 Å². The summed E-state index contributed by atoms with van der Waals surface area (Å²) < 4.78 is 43.1. The average Bonchev–Trinajstić information content (AvgIpc) is 2.88. The van der Waals surface area contributed by atoms with Gasteiger partial charge in [-0.05, 0) is 53.3 Å². The van der Waals surface area contributed by atoms with Crippen LogP contribution >= 0.6 is 0 Å². The van der Waals surface area contributed by atoms with Crippen molar-refractivity contribution in [2.24, 2.45) is 5.73 Å². The van der Waals surface area contributed by atoms with Crippen molar-refractivity contribution in [2.45, 2.75) is 61.8 Å². The molecule has 8 nitrogen and oxygen atoms in total. The minimum absolute atomic E-state index is 0.0692. The van der Waals surface area contributed by atoms with E-state index in [0.29, 0.717) is 0 Å². The van der Waals surface area contributed by atoms with E-state index < -0.39 is 39.5 Å². The van der Waals surface area contributed by atoms with Crippen LogP contribution < -0.4 is 11.1 Å².